The third-order valence-electron chi connectivity index (χ3n) is 1.64. The first-order chi connectivity index (χ1) is 6.06. The van der Waals surface area contributed by atoms with Crippen LogP contribution in [0.3, 0.4) is 0 Å². The van der Waals surface area contributed by atoms with Crippen LogP contribution in [0.5, 0.6) is 0 Å². The number of rotatable bonds is 8. The molecule has 0 amide bonds. The van der Waals surface area contributed by atoms with Gasteiger partial charge in [-0.3, -0.25) is 0 Å². The van der Waals surface area contributed by atoms with Gasteiger partial charge in [0.2, 0.25) is 0 Å². The molecule has 3 nitrogen and oxygen atoms in total. The second-order valence-electron chi connectivity index (χ2n) is 3.13. The lowest BCUT2D eigenvalue weighted by Crippen LogP contribution is -2.23. The summed E-state index contributed by atoms with van der Waals surface area (Å²) in [6, 6.07) is 0. The molecule has 0 fully saturated rings. The Morgan fingerprint density at radius 2 is 1.85 bits per heavy atom. The number of nitrogens with one attached hydrogen (secondary N) is 1. The van der Waals surface area contributed by atoms with Crippen LogP contribution in [0.15, 0.2) is 0 Å². The fourth-order valence-electron chi connectivity index (χ4n) is 0.904. The number of hydrogen-bond donors (Lipinski definition) is 1. The van der Waals surface area contributed by atoms with Crippen LogP contribution in [0.1, 0.15) is 19.3 Å². The molecule has 0 heterocycles. The maximum atomic E-state index is 10.7. The van der Waals surface area contributed by atoms with Crippen molar-refractivity contribution in [1.29, 1.82) is 0 Å². The third kappa shape index (κ3) is 12.4. The van der Waals surface area contributed by atoms with E-state index in [9.17, 15) is 8.42 Å². The molecular formula is C8H18BrNO2S. The van der Waals surface area contributed by atoms with Crippen LogP contribution in [0, 0.1) is 0 Å². The summed E-state index contributed by atoms with van der Waals surface area (Å²) in [6.07, 6.45) is 4.76. The predicted octanol–water partition coefficient (Wildman–Crippen LogP) is 1.19. The molecule has 0 unspecified atom stereocenters. The molecule has 1 N–H and O–H groups in total. The second-order valence-corrected chi connectivity index (χ2v) is 6.18. The van der Waals surface area contributed by atoms with Crippen LogP contribution in [-0.2, 0) is 9.84 Å². The van der Waals surface area contributed by atoms with Crippen LogP contribution in [0.25, 0.3) is 0 Å². The summed E-state index contributed by atoms with van der Waals surface area (Å²) in [5.74, 6) is 0.242. The number of hydrogen-bond acceptors (Lipinski definition) is 3. The Morgan fingerprint density at radius 3 is 2.38 bits per heavy atom. The molecule has 0 rings (SSSR count). The van der Waals surface area contributed by atoms with Crippen molar-refractivity contribution in [3.8, 4) is 0 Å². The Balaban J connectivity index is 3.09. The highest BCUT2D eigenvalue weighted by atomic mass is 79.9. The molecule has 13 heavy (non-hydrogen) atoms. The van der Waals surface area contributed by atoms with Crippen LogP contribution in [-0.4, -0.2) is 38.8 Å². The molecule has 0 bridgehead atoms. The van der Waals surface area contributed by atoms with Crippen molar-refractivity contribution >= 4 is 25.8 Å². The van der Waals surface area contributed by atoms with Crippen molar-refractivity contribution in [3.05, 3.63) is 0 Å². The van der Waals surface area contributed by atoms with Crippen molar-refractivity contribution < 1.29 is 8.42 Å². The van der Waals surface area contributed by atoms with E-state index >= 15 is 0 Å². The maximum Gasteiger partial charge on any atom is 0.148 e. The van der Waals surface area contributed by atoms with Gasteiger partial charge in [-0.15, -0.1) is 0 Å². The zero-order chi connectivity index (χ0) is 10.2. The SMILES string of the molecule is CS(=O)(=O)CCNCCCCCBr. The van der Waals surface area contributed by atoms with Crippen LogP contribution < -0.4 is 5.32 Å². The Bertz CT molecular complexity index is 204. The van der Waals surface area contributed by atoms with Crippen LogP contribution in [0.4, 0.5) is 0 Å². The van der Waals surface area contributed by atoms with E-state index in [4.69, 9.17) is 0 Å². The molecular weight excluding hydrogens is 254 g/mol. The minimum atomic E-state index is -2.79. The first-order valence-corrected chi connectivity index (χ1v) is 7.69. The quantitative estimate of drug-likeness (QED) is 0.533. The van der Waals surface area contributed by atoms with E-state index in [0.29, 0.717) is 6.54 Å². The van der Waals surface area contributed by atoms with Gasteiger partial charge >= 0.3 is 0 Å². The van der Waals surface area contributed by atoms with E-state index in [2.05, 4.69) is 21.2 Å². The fraction of sp³-hybridized carbons (Fsp3) is 1.00. The fourth-order valence-corrected chi connectivity index (χ4v) is 1.82. The topological polar surface area (TPSA) is 46.2 Å². The highest BCUT2D eigenvalue weighted by Crippen LogP contribution is 1.96. The van der Waals surface area contributed by atoms with Crippen molar-refractivity contribution in [2.24, 2.45) is 0 Å². The molecule has 0 aromatic heterocycles. The van der Waals surface area contributed by atoms with Crippen LogP contribution >= 0.6 is 15.9 Å². The second kappa shape index (κ2) is 7.76. The van der Waals surface area contributed by atoms with E-state index in [0.717, 1.165) is 18.3 Å². The van der Waals surface area contributed by atoms with Crippen molar-refractivity contribution in [2.75, 3.05) is 30.4 Å². The molecule has 0 aliphatic rings. The summed E-state index contributed by atoms with van der Waals surface area (Å²) < 4.78 is 21.4. The van der Waals surface area contributed by atoms with Gasteiger partial charge in [0.25, 0.3) is 0 Å². The normalized spacial score (nSPS) is 11.8. The lowest BCUT2D eigenvalue weighted by Gasteiger charge is -2.02. The summed E-state index contributed by atoms with van der Waals surface area (Å²) >= 11 is 3.36. The zero-order valence-electron chi connectivity index (χ0n) is 8.05. The summed E-state index contributed by atoms with van der Waals surface area (Å²) in [4.78, 5) is 0. The van der Waals surface area contributed by atoms with Gasteiger partial charge in [0, 0.05) is 18.1 Å². The lowest BCUT2D eigenvalue weighted by molar-refractivity contribution is 0.591. The summed E-state index contributed by atoms with van der Waals surface area (Å²) in [5.41, 5.74) is 0. The highest BCUT2D eigenvalue weighted by molar-refractivity contribution is 9.09. The lowest BCUT2D eigenvalue weighted by atomic mass is 10.2. The summed E-state index contributed by atoms with van der Waals surface area (Å²) in [5, 5.41) is 4.16. The Labute approximate surface area is 89.3 Å². The molecule has 5 heteroatoms. The average molecular weight is 272 g/mol. The van der Waals surface area contributed by atoms with E-state index in [1.807, 2.05) is 0 Å². The van der Waals surface area contributed by atoms with Crippen LogP contribution in [0.2, 0.25) is 0 Å². The number of alkyl halides is 1. The standard InChI is InChI=1S/C8H18BrNO2S/c1-13(11,12)8-7-10-6-4-2-3-5-9/h10H,2-8H2,1H3. The first kappa shape index (κ1) is 13.4. The Hall–Kier alpha value is 0.390. The smallest absolute Gasteiger partial charge is 0.148 e. The van der Waals surface area contributed by atoms with Crippen molar-refractivity contribution in [2.45, 2.75) is 19.3 Å². The molecule has 0 radical (unpaired) electrons. The number of unbranched alkanes of at least 4 members (excludes halogenated alkanes) is 2. The molecule has 0 aliphatic carbocycles. The predicted molar refractivity (Wildman–Crippen MR) is 60.2 cm³/mol. The van der Waals surface area contributed by atoms with Crippen molar-refractivity contribution in [1.82, 2.24) is 5.32 Å². The molecule has 0 aliphatic heterocycles. The molecule has 0 aromatic carbocycles. The maximum absolute atomic E-state index is 10.7. The zero-order valence-corrected chi connectivity index (χ0v) is 10.5. The summed E-state index contributed by atoms with van der Waals surface area (Å²) in [7, 11) is -2.79. The van der Waals surface area contributed by atoms with E-state index in [-0.39, 0.29) is 5.75 Å². The Morgan fingerprint density at radius 1 is 1.15 bits per heavy atom. The van der Waals surface area contributed by atoms with Gasteiger partial charge in [-0.1, -0.05) is 22.4 Å². The molecule has 0 saturated carbocycles. The van der Waals surface area contributed by atoms with E-state index in [1.54, 1.807) is 0 Å². The minimum absolute atomic E-state index is 0.242. The van der Waals surface area contributed by atoms with E-state index in [1.165, 1.54) is 19.1 Å². The highest BCUT2D eigenvalue weighted by Gasteiger charge is 1.99. The Kier molecular flexibility index (Phi) is 8.00. The van der Waals surface area contributed by atoms with Gasteiger partial charge < -0.3 is 5.32 Å². The molecule has 80 valence electrons. The third-order valence-corrected chi connectivity index (χ3v) is 3.14. The van der Waals surface area contributed by atoms with Gasteiger partial charge in [-0.25, -0.2) is 8.42 Å². The minimum Gasteiger partial charge on any atom is -0.316 e. The monoisotopic (exact) mass is 271 g/mol. The van der Waals surface area contributed by atoms with Gasteiger partial charge in [0.15, 0.2) is 0 Å². The van der Waals surface area contributed by atoms with Gasteiger partial charge in [-0.05, 0) is 19.4 Å². The molecule has 0 atom stereocenters. The average Bonchev–Trinajstić information content (AvgIpc) is 2.01. The molecule has 0 saturated heterocycles. The number of halogens is 1. The van der Waals surface area contributed by atoms with Crippen molar-refractivity contribution in [3.63, 3.8) is 0 Å². The van der Waals surface area contributed by atoms with E-state index < -0.39 is 9.84 Å². The van der Waals surface area contributed by atoms with Gasteiger partial charge in [-0.2, -0.15) is 0 Å². The molecule has 0 aromatic rings. The summed E-state index contributed by atoms with van der Waals surface area (Å²) in [6.45, 7) is 1.50. The van der Waals surface area contributed by atoms with Gasteiger partial charge in [0.05, 0.1) is 5.75 Å². The largest absolute Gasteiger partial charge is 0.316 e. The number of sulfone groups is 1. The first-order valence-electron chi connectivity index (χ1n) is 4.50. The molecule has 0 spiro atoms. The van der Waals surface area contributed by atoms with Gasteiger partial charge in [0.1, 0.15) is 9.84 Å².